The molecule has 8 heteroatoms. The van der Waals surface area contributed by atoms with Gasteiger partial charge in [-0.2, -0.15) is 0 Å². The highest BCUT2D eigenvalue weighted by Gasteiger charge is 1.99. The molecule has 8 nitrogen and oxygen atoms in total. The fourth-order valence-corrected chi connectivity index (χ4v) is 0.500. The zero-order chi connectivity index (χ0) is 12.6. The number of carboxylic acids is 2. The molecular weight excluding hydrogens is 220 g/mol. The molecule has 0 unspecified atom stereocenters. The summed E-state index contributed by atoms with van der Waals surface area (Å²) in [4.78, 5) is 41.5. The lowest BCUT2D eigenvalue weighted by molar-refractivity contribution is -0.132. The third-order valence-corrected chi connectivity index (χ3v) is 1.06. The minimum atomic E-state index is -1.31. The molecule has 0 saturated carbocycles. The maximum Gasteiger partial charge on any atom is 0.328 e. The average molecular weight is 228 g/mol. The van der Waals surface area contributed by atoms with E-state index in [1.807, 2.05) is 10.9 Å². The smallest absolute Gasteiger partial charge is 0.328 e. The quantitative estimate of drug-likeness (QED) is 0.339. The highest BCUT2D eigenvalue weighted by Crippen LogP contribution is 1.75. The van der Waals surface area contributed by atoms with Crippen LogP contribution >= 0.6 is 0 Å². The summed E-state index contributed by atoms with van der Waals surface area (Å²) in [6, 6.07) is 0. The first-order chi connectivity index (χ1) is 7.41. The Balaban J connectivity index is 3.97. The van der Waals surface area contributed by atoms with Gasteiger partial charge in [-0.05, 0) is 0 Å². The minimum Gasteiger partial charge on any atom is -0.478 e. The first-order valence-electron chi connectivity index (χ1n) is 3.84. The third-order valence-electron chi connectivity index (χ3n) is 1.06. The Morgan fingerprint density at radius 2 is 1.00 bits per heavy atom. The molecule has 0 aromatic heterocycles. The van der Waals surface area contributed by atoms with Crippen LogP contribution in [-0.4, -0.2) is 34.0 Å². The topological polar surface area (TPSA) is 133 Å². The van der Waals surface area contributed by atoms with Gasteiger partial charge in [0.15, 0.2) is 0 Å². The standard InChI is InChI=1S/C8H8N2O6/c11-5(1-3-7(13)14)9-10-6(12)2-4-8(15)16/h1-4H,(H,9,11)(H,10,12)(H,13,14)(H,15,16). The summed E-state index contributed by atoms with van der Waals surface area (Å²) in [5.41, 5.74) is 3.66. The maximum atomic E-state index is 10.8. The zero-order valence-electron chi connectivity index (χ0n) is 7.84. The molecule has 0 radical (unpaired) electrons. The largest absolute Gasteiger partial charge is 0.478 e. The molecule has 86 valence electrons. The summed E-state index contributed by atoms with van der Waals surface area (Å²) in [5.74, 6) is -4.35. The Morgan fingerprint density at radius 3 is 1.25 bits per heavy atom. The summed E-state index contributed by atoms with van der Waals surface area (Å²) >= 11 is 0. The van der Waals surface area contributed by atoms with E-state index in [0.717, 1.165) is 0 Å². The molecule has 0 saturated heterocycles. The van der Waals surface area contributed by atoms with Gasteiger partial charge in [-0.3, -0.25) is 20.4 Å². The Hall–Kier alpha value is -2.64. The van der Waals surface area contributed by atoms with Crippen LogP contribution in [0.25, 0.3) is 0 Å². The summed E-state index contributed by atoms with van der Waals surface area (Å²) < 4.78 is 0. The van der Waals surface area contributed by atoms with Gasteiger partial charge in [-0.25, -0.2) is 9.59 Å². The van der Waals surface area contributed by atoms with E-state index < -0.39 is 23.8 Å². The van der Waals surface area contributed by atoms with Gasteiger partial charge in [0.1, 0.15) is 0 Å². The lowest BCUT2D eigenvalue weighted by Crippen LogP contribution is -2.40. The van der Waals surface area contributed by atoms with E-state index >= 15 is 0 Å². The van der Waals surface area contributed by atoms with Crippen LogP contribution in [0, 0.1) is 0 Å². The molecule has 4 N–H and O–H groups in total. The normalized spacial score (nSPS) is 10.2. The second kappa shape index (κ2) is 6.76. The molecule has 0 aliphatic carbocycles. The van der Waals surface area contributed by atoms with Crippen molar-refractivity contribution in [3.63, 3.8) is 0 Å². The predicted octanol–water partition coefficient (Wildman–Crippen LogP) is -1.58. The van der Waals surface area contributed by atoms with Crippen molar-refractivity contribution in [3.05, 3.63) is 24.3 Å². The van der Waals surface area contributed by atoms with Crippen LogP contribution < -0.4 is 10.9 Å². The number of carbonyl (C=O) groups excluding carboxylic acids is 2. The maximum absolute atomic E-state index is 10.8. The molecule has 0 rings (SSSR count). The van der Waals surface area contributed by atoms with Crippen molar-refractivity contribution in [3.8, 4) is 0 Å². The number of rotatable bonds is 4. The van der Waals surface area contributed by atoms with Crippen LogP contribution in [0.5, 0.6) is 0 Å². The van der Waals surface area contributed by atoms with E-state index in [9.17, 15) is 19.2 Å². The summed E-state index contributed by atoms with van der Waals surface area (Å²) in [7, 11) is 0. The molecule has 0 spiro atoms. The van der Waals surface area contributed by atoms with Gasteiger partial charge < -0.3 is 10.2 Å². The number of nitrogens with one attached hydrogen (secondary N) is 2. The van der Waals surface area contributed by atoms with E-state index in [1.54, 1.807) is 0 Å². The lowest BCUT2D eigenvalue weighted by Gasteiger charge is -2.00. The number of hydrazine groups is 1. The number of hydrogen-bond donors (Lipinski definition) is 4. The van der Waals surface area contributed by atoms with Gasteiger partial charge >= 0.3 is 11.9 Å². The number of carboxylic acid groups (broad SMARTS) is 2. The zero-order valence-corrected chi connectivity index (χ0v) is 7.84. The molecule has 0 heterocycles. The van der Waals surface area contributed by atoms with Gasteiger partial charge in [-0.15, -0.1) is 0 Å². The Morgan fingerprint density at radius 1 is 0.688 bits per heavy atom. The van der Waals surface area contributed by atoms with Gasteiger partial charge in [0.2, 0.25) is 0 Å². The molecule has 0 aliphatic rings. The van der Waals surface area contributed by atoms with Crippen LogP contribution in [0.4, 0.5) is 0 Å². The van der Waals surface area contributed by atoms with Crippen molar-refractivity contribution >= 4 is 23.8 Å². The molecule has 0 bridgehead atoms. The highest BCUT2D eigenvalue weighted by atomic mass is 16.4. The van der Waals surface area contributed by atoms with Gasteiger partial charge in [0.05, 0.1) is 0 Å². The first-order valence-corrected chi connectivity index (χ1v) is 3.84. The first kappa shape index (κ1) is 13.4. The molecular formula is C8H8N2O6. The number of amides is 2. The number of hydrogen-bond acceptors (Lipinski definition) is 4. The SMILES string of the molecule is O=C(O)C=CC(=O)NNC(=O)C=CC(=O)O. The van der Waals surface area contributed by atoms with E-state index in [2.05, 4.69) is 0 Å². The van der Waals surface area contributed by atoms with Crippen LogP contribution in [-0.2, 0) is 19.2 Å². The van der Waals surface area contributed by atoms with E-state index in [0.29, 0.717) is 24.3 Å². The van der Waals surface area contributed by atoms with Gasteiger partial charge in [0, 0.05) is 24.3 Å². The Bertz CT molecular complexity index is 335. The van der Waals surface area contributed by atoms with Gasteiger partial charge in [-0.1, -0.05) is 0 Å². The third kappa shape index (κ3) is 7.98. The summed E-state index contributed by atoms with van der Waals surface area (Å²) in [6.45, 7) is 0. The fourth-order valence-electron chi connectivity index (χ4n) is 0.500. The summed E-state index contributed by atoms with van der Waals surface area (Å²) in [6.07, 6.45) is 2.52. The van der Waals surface area contributed by atoms with Crippen molar-refractivity contribution < 1.29 is 29.4 Å². The van der Waals surface area contributed by atoms with Crippen molar-refractivity contribution in [2.45, 2.75) is 0 Å². The van der Waals surface area contributed by atoms with Crippen LogP contribution in [0.2, 0.25) is 0 Å². The number of aliphatic carboxylic acids is 2. The monoisotopic (exact) mass is 228 g/mol. The van der Waals surface area contributed by atoms with E-state index in [-0.39, 0.29) is 0 Å². The molecule has 0 aromatic rings. The molecule has 0 aliphatic heterocycles. The minimum absolute atomic E-state index is 0.578. The average Bonchev–Trinajstić information content (AvgIpc) is 2.20. The van der Waals surface area contributed by atoms with E-state index in [4.69, 9.17) is 10.2 Å². The van der Waals surface area contributed by atoms with Crippen LogP contribution in [0.3, 0.4) is 0 Å². The second-order valence-electron chi connectivity index (χ2n) is 2.32. The van der Waals surface area contributed by atoms with Crippen molar-refractivity contribution in [2.24, 2.45) is 0 Å². The molecule has 0 atom stereocenters. The van der Waals surface area contributed by atoms with E-state index in [1.165, 1.54) is 0 Å². The van der Waals surface area contributed by atoms with Crippen molar-refractivity contribution in [1.82, 2.24) is 10.9 Å². The summed E-state index contributed by atoms with van der Waals surface area (Å²) in [5, 5.41) is 16.3. The predicted molar refractivity (Wildman–Crippen MR) is 49.8 cm³/mol. The lowest BCUT2D eigenvalue weighted by atomic mass is 10.5. The molecule has 16 heavy (non-hydrogen) atoms. The van der Waals surface area contributed by atoms with Crippen LogP contribution in [0.1, 0.15) is 0 Å². The Kier molecular flexibility index (Phi) is 5.65. The molecule has 0 fully saturated rings. The van der Waals surface area contributed by atoms with Gasteiger partial charge in [0.25, 0.3) is 11.8 Å². The van der Waals surface area contributed by atoms with Crippen LogP contribution in [0.15, 0.2) is 24.3 Å². The second-order valence-corrected chi connectivity index (χ2v) is 2.32. The van der Waals surface area contributed by atoms with Crippen molar-refractivity contribution in [2.75, 3.05) is 0 Å². The number of carbonyl (C=O) groups is 4. The highest BCUT2D eigenvalue weighted by molar-refractivity contribution is 5.97. The van der Waals surface area contributed by atoms with Crippen molar-refractivity contribution in [1.29, 1.82) is 0 Å². The molecule has 0 aromatic carbocycles. The molecule has 2 amide bonds. The fraction of sp³-hybridized carbons (Fsp3) is 0. The Labute approximate surface area is 89.2 Å².